The zero-order valence-corrected chi connectivity index (χ0v) is 12.6. The van der Waals surface area contributed by atoms with Gasteiger partial charge in [-0.1, -0.05) is 26.7 Å². The lowest BCUT2D eigenvalue weighted by molar-refractivity contribution is 0.00413. The Hall–Kier alpha value is -0.900. The molecule has 2 rings (SSSR count). The molecule has 2 unspecified atom stereocenters. The van der Waals surface area contributed by atoms with Crippen LogP contribution in [0.25, 0.3) is 0 Å². The molecule has 0 aliphatic heterocycles. The van der Waals surface area contributed by atoms with Gasteiger partial charge in [0.1, 0.15) is 12.2 Å². The van der Waals surface area contributed by atoms with E-state index < -0.39 is 0 Å². The number of aromatic nitrogens is 3. The Morgan fingerprint density at radius 3 is 2.79 bits per heavy atom. The standard InChI is InChI=1S/C15H27N3O/c1-11(2)18-14(16-10-17-18)9-13(19)12-7-5-6-8-15(12,3)4/h10-13,19H,5-9H2,1-4H3. The fourth-order valence-corrected chi connectivity index (χ4v) is 3.42. The van der Waals surface area contributed by atoms with Gasteiger partial charge in [0.2, 0.25) is 0 Å². The summed E-state index contributed by atoms with van der Waals surface area (Å²) in [6.07, 6.45) is 6.77. The van der Waals surface area contributed by atoms with Crippen LogP contribution in [0.2, 0.25) is 0 Å². The molecule has 0 bridgehead atoms. The summed E-state index contributed by atoms with van der Waals surface area (Å²) in [7, 11) is 0. The number of rotatable bonds is 4. The van der Waals surface area contributed by atoms with Crippen LogP contribution in [0.1, 0.15) is 65.2 Å². The van der Waals surface area contributed by atoms with Crippen molar-refractivity contribution >= 4 is 0 Å². The molecule has 1 aromatic heterocycles. The van der Waals surface area contributed by atoms with Crippen LogP contribution in [-0.2, 0) is 6.42 Å². The molecule has 0 radical (unpaired) electrons. The molecule has 1 N–H and O–H groups in total. The van der Waals surface area contributed by atoms with Gasteiger partial charge in [0.25, 0.3) is 0 Å². The number of aliphatic hydroxyl groups is 1. The van der Waals surface area contributed by atoms with E-state index >= 15 is 0 Å². The molecule has 0 amide bonds. The van der Waals surface area contributed by atoms with Crippen molar-refractivity contribution in [2.24, 2.45) is 11.3 Å². The Morgan fingerprint density at radius 1 is 1.42 bits per heavy atom. The van der Waals surface area contributed by atoms with E-state index in [0.29, 0.717) is 18.4 Å². The first kappa shape index (κ1) is 14.5. The molecule has 1 fully saturated rings. The number of hydrogen-bond donors (Lipinski definition) is 1. The monoisotopic (exact) mass is 265 g/mol. The predicted octanol–water partition coefficient (Wildman–Crippen LogP) is 2.98. The van der Waals surface area contributed by atoms with Crippen molar-refractivity contribution in [3.05, 3.63) is 12.2 Å². The lowest BCUT2D eigenvalue weighted by atomic mass is 9.66. The SMILES string of the molecule is CC(C)n1ncnc1CC(O)C1CCCCC1(C)C. The van der Waals surface area contributed by atoms with Gasteiger partial charge in [-0.05, 0) is 38.0 Å². The molecule has 1 heterocycles. The van der Waals surface area contributed by atoms with Gasteiger partial charge in [-0.15, -0.1) is 0 Å². The van der Waals surface area contributed by atoms with Crippen LogP contribution < -0.4 is 0 Å². The summed E-state index contributed by atoms with van der Waals surface area (Å²) >= 11 is 0. The average molecular weight is 265 g/mol. The molecule has 0 aromatic carbocycles. The second kappa shape index (κ2) is 5.61. The normalized spacial score (nSPS) is 24.6. The van der Waals surface area contributed by atoms with Crippen molar-refractivity contribution in [3.63, 3.8) is 0 Å². The van der Waals surface area contributed by atoms with Crippen LogP contribution in [0.3, 0.4) is 0 Å². The molecular weight excluding hydrogens is 238 g/mol. The zero-order chi connectivity index (χ0) is 14.0. The van der Waals surface area contributed by atoms with Gasteiger partial charge in [-0.2, -0.15) is 5.10 Å². The van der Waals surface area contributed by atoms with E-state index in [1.165, 1.54) is 19.3 Å². The van der Waals surface area contributed by atoms with E-state index in [1.807, 2.05) is 4.68 Å². The van der Waals surface area contributed by atoms with Crippen molar-refractivity contribution in [3.8, 4) is 0 Å². The molecule has 0 spiro atoms. The van der Waals surface area contributed by atoms with Gasteiger partial charge < -0.3 is 5.11 Å². The lowest BCUT2D eigenvalue weighted by Gasteiger charge is -2.41. The highest BCUT2D eigenvalue weighted by Gasteiger charge is 2.37. The van der Waals surface area contributed by atoms with E-state index in [1.54, 1.807) is 6.33 Å². The van der Waals surface area contributed by atoms with Crippen LogP contribution in [-0.4, -0.2) is 26.0 Å². The van der Waals surface area contributed by atoms with Gasteiger partial charge in [0.05, 0.1) is 6.10 Å². The molecule has 1 aliphatic carbocycles. The van der Waals surface area contributed by atoms with E-state index in [0.717, 1.165) is 12.2 Å². The Kier molecular flexibility index (Phi) is 4.29. The van der Waals surface area contributed by atoms with Crippen LogP contribution in [0.15, 0.2) is 6.33 Å². The van der Waals surface area contributed by atoms with Crippen LogP contribution in [0, 0.1) is 11.3 Å². The molecule has 19 heavy (non-hydrogen) atoms. The van der Waals surface area contributed by atoms with Crippen molar-refractivity contribution < 1.29 is 5.11 Å². The second-order valence-corrected chi connectivity index (χ2v) is 6.83. The van der Waals surface area contributed by atoms with Crippen molar-refractivity contribution in [1.82, 2.24) is 14.8 Å². The number of aliphatic hydroxyl groups excluding tert-OH is 1. The minimum Gasteiger partial charge on any atom is -0.392 e. The summed E-state index contributed by atoms with van der Waals surface area (Å²) in [6, 6.07) is 0.295. The quantitative estimate of drug-likeness (QED) is 0.910. The highest BCUT2D eigenvalue weighted by molar-refractivity contribution is 4.95. The maximum Gasteiger partial charge on any atom is 0.138 e. The lowest BCUT2D eigenvalue weighted by Crippen LogP contribution is -2.38. The maximum atomic E-state index is 10.6. The van der Waals surface area contributed by atoms with Gasteiger partial charge in [-0.3, -0.25) is 0 Å². The molecule has 4 nitrogen and oxygen atoms in total. The molecule has 108 valence electrons. The Bertz CT molecular complexity index is 411. The zero-order valence-electron chi connectivity index (χ0n) is 12.6. The van der Waals surface area contributed by atoms with Gasteiger partial charge >= 0.3 is 0 Å². The molecule has 2 atom stereocenters. The third-order valence-corrected chi connectivity index (χ3v) is 4.58. The molecular formula is C15H27N3O. The molecule has 1 saturated carbocycles. The van der Waals surface area contributed by atoms with Crippen LogP contribution >= 0.6 is 0 Å². The van der Waals surface area contributed by atoms with E-state index in [4.69, 9.17) is 0 Å². The van der Waals surface area contributed by atoms with Crippen LogP contribution in [0.5, 0.6) is 0 Å². The van der Waals surface area contributed by atoms with Gasteiger partial charge in [-0.25, -0.2) is 9.67 Å². The topological polar surface area (TPSA) is 50.9 Å². The molecule has 1 aliphatic rings. The summed E-state index contributed by atoms with van der Waals surface area (Å²) in [5.74, 6) is 1.28. The van der Waals surface area contributed by atoms with Crippen molar-refractivity contribution in [2.75, 3.05) is 0 Å². The first-order valence-electron chi connectivity index (χ1n) is 7.48. The Morgan fingerprint density at radius 2 is 2.16 bits per heavy atom. The fourth-order valence-electron chi connectivity index (χ4n) is 3.42. The smallest absolute Gasteiger partial charge is 0.138 e. The van der Waals surface area contributed by atoms with E-state index in [-0.39, 0.29) is 11.5 Å². The van der Waals surface area contributed by atoms with Gasteiger partial charge in [0, 0.05) is 12.5 Å². The summed E-state index contributed by atoms with van der Waals surface area (Å²) in [6.45, 7) is 8.75. The summed E-state index contributed by atoms with van der Waals surface area (Å²) in [5, 5.41) is 14.9. The van der Waals surface area contributed by atoms with Crippen molar-refractivity contribution in [2.45, 2.75) is 71.9 Å². The number of nitrogens with zero attached hydrogens (tertiary/aromatic N) is 3. The largest absolute Gasteiger partial charge is 0.392 e. The molecule has 1 aromatic rings. The Balaban J connectivity index is 2.07. The van der Waals surface area contributed by atoms with Crippen molar-refractivity contribution in [1.29, 1.82) is 0 Å². The average Bonchev–Trinajstić information content (AvgIpc) is 2.76. The number of hydrogen-bond acceptors (Lipinski definition) is 3. The molecule has 0 saturated heterocycles. The minimum absolute atomic E-state index is 0.236. The Labute approximate surface area is 116 Å². The van der Waals surface area contributed by atoms with E-state index in [2.05, 4.69) is 37.8 Å². The van der Waals surface area contributed by atoms with Crippen LogP contribution in [0.4, 0.5) is 0 Å². The summed E-state index contributed by atoms with van der Waals surface area (Å²) in [4.78, 5) is 4.31. The maximum absolute atomic E-state index is 10.6. The summed E-state index contributed by atoms with van der Waals surface area (Å²) < 4.78 is 1.92. The molecule has 4 heteroatoms. The van der Waals surface area contributed by atoms with Gasteiger partial charge in [0.15, 0.2) is 0 Å². The van der Waals surface area contributed by atoms with E-state index in [9.17, 15) is 5.11 Å². The first-order valence-corrected chi connectivity index (χ1v) is 7.48. The fraction of sp³-hybridized carbons (Fsp3) is 0.867. The minimum atomic E-state index is -0.308. The highest BCUT2D eigenvalue weighted by Crippen LogP contribution is 2.42. The predicted molar refractivity (Wildman–Crippen MR) is 75.9 cm³/mol. The summed E-state index contributed by atoms with van der Waals surface area (Å²) in [5.41, 5.74) is 0.236. The highest BCUT2D eigenvalue weighted by atomic mass is 16.3. The second-order valence-electron chi connectivity index (χ2n) is 6.83. The third-order valence-electron chi connectivity index (χ3n) is 4.58. The first-order chi connectivity index (χ1) is 8.92. The third kappa shape index (κ3) is 3.16.